The van der Waals surface area contributed by atoms with Gasteiger partial charge in [-0.2, -0.15) is 0 Å². The third kappa shape index (κ3) is 3.85. The summed E-state index contributed by atoms with van der Waals surface area (Å²) in [5.41, 5.74) is 2.90. The first-order valence-electron chi connectivity index (χ1n) is 12.1. The molecular formula is C30H24N4O3. The second-order valence-electron chi connectivity index (χ2n) is 9.08. The van der Waals surface area contributed by atoms with E-state index in [0.717, 1.165) is 27.6 Å². The molecule has 37 heavy (non-hydrogen) atoms. The summed E-state index contributed by atoms with van der Waals surface area (Å²) in [6.07, 6.45) is 0. The normalized spacial score (nSPS) is 12.3. The van der Waals surface area contributed by atoms with E-state index in [9.17, 15) is 9.59 Å². The van der Waals surface area contributed by atoms with E-state index >= 15 is 0 Å². The zero-order chi connectivity index (χ0) is 25.5. The van der Waals surface area contributed by atoms with Crippen LogP contribution in [0.2, 0.25) is 0 Å². The van der Waals surface area contributed by atoms with Crippen molar-refractivity contribution in [1.82, 2.24) is 19.2 Å². The van der Waals surface area contributed by atoms with Crippen LogP contribution in [-0.2, 0) is 6.54 Å². The quantitative estimate of drug-likeness (QED) is 0.300. The van der Waals surface area contributed by atoms with Crippen molar-refractivity contribution in [2.45, 2.75) is 19.4 Å². The lowest BCUT2D eigenvalue weighted by Gasteiger charge is -2.15. The molecule has 7 nitrogen and oxygen atoms in total. The first-order valence-corrected chi connectivity index (χ1v) is 12.1. The maximum Gasteiger partial charge on any atom is 0.297 e. The molecule has 0 saturated heterocycles. The number of fused-ring (bicyclic) bond motifs is 4. The molecule has 0 N–H and O–H groups in total. The molecule has 0 fully saturated rings. The number of rotatable bonds is 6. The predicted molar refractivity (Wildman–Crippen MR) is 144 cm³/mol. The lowest BCUT2D eigenvalue weighted by molar-refractivity contribution is 0.0972. The van der Waals surface area contributed by atoms with E-state index in [4.69, 9.17) is 4.74 Å². The summed E-state index contributed by atoms with van der Waals surface area (Å²) in [4.78, 5) is 26.6. The standard InChI is InChI=1S/C30H24N4O3/c1-19(21-12-13-23-17-24(37-2)15-14-22(23)16-21)28-31-32-29-30(36)33(18-27(35)20-8-4-3-5-9-20)25-10-6-7-11-26(25)34(28)29/h3-17,19H,18H2,1-2H3/t19-/m1/s1. The van der Waals surface area contributed by atoms with Crippen molar-refractivity contribution >= 4 is 33.2 Å². The summed E-state index contributed by atoms with van der Waals surface area (Å²) < 4.78 is 8.66. The summed E-state index contributed by atoms with van der Waals surface area (Å²) in [6.45, 7) is 1.98. The molecule has 0 aliphatic heterocycles. The number of ketones is 1. The van der Waals surface area contributed by atoms with Gasteiger partial charge in [0.1, 0.15) is 11.6 Å². The molecule has 0 unspecified atom stereocenters. The fraction of sp³-hybridized carbons (Fsp3) is 0.133. The summed E-state index contributed by atoms with van der Waals surface area (Å²) in [7, 11) is 1.66. The fourth-order valence-electron chi connectivity index (χ4n) is 4.87. The Morgan fingerprint density at radius 1 is 0.865 bits per heavy atom. The number of Topliss-reactive ketones (excluding diaryl/α,β-unsaturated/α-hetero) is 1. The number of benzene rings is 4. The van der Waals surface area contributed by atoms with E-state index in [1.807, 2.05) is 65.1 Å². The number of carbonyl (C=O) groups is 1. The van der Waals surface area contributed by atoms with Gasteiger partial charge in [-0.25, -0.2) is 0 Å². The smallest absolute Gasteiger partial charge is 0.297 e. The molecule has 7 heteroatoms. The van der Waals surface area contributed by atoms with E-state index < -0.39 is 0 Å². The minimum atomic E-state index is -0.348. The average Bonchev–Trinajstić information content (AvgIpc) is 3.40. The minimum Gasteiger partial charge on any atom is -0.497 e. The van der Waals surface area contributed by atoms with Gasteiger partial charge in [0.05, 0.1) is 24.7 Å². The third-order valence-electron chi connectivity index (χ3n) is 6.89. The van der Waals surface area contributed by atoms with Crippen LogP contribution in [0.5, 0.6) is 5.75 Å². The molecule has 6 rings (SSSR count). The van der Waals surface area contributed by atoms with Crippen molar-refractivity contribution in [1.29, 1.82) is 0 Å². The van der Waals surface area contributed by atoms with Gasteiger partial charge in [-0.15, -0.1) is 10.2 Å². The predicted octanol–water partition coefficient (Wildman–Crippen LogP) is 5.24. The Bertz CT molecular complexity index is 1850. The molecule has 1 atom stereocenters. The van der Waals surface area contributed by atoms with Gasteiger partial charge in [-0.05, 0) is 40.6 Å². The first-order chi connectivity index (χ1) is 18.0. The summed E-state index contributed by atoms with van der Waals surface area (Å²) >= 11 is 0. The van der Waals surface area contributed by atoms with Gasteiger partial charge in [0.25, 0.3) is 5.56 Å². The van der Waals surface area contributed by atoms with Crippen molar-refractivity contribution in [3.63, 3.8) is 0 Å². The van der Waals surface area contributed by atoms with Crippen LogP contribution in [0, 0.1) is 0 Å². The van der Waals surface area contributed by atoms with E-state index in [0.29, 0.717) is 16.9 Å². The Morgan fingerprint density at radius 2 is 1.57 bits per heavy atom. The molecule has 182 valence electrons. The van der Waals surface area contributed by atoms with Crippen LogP contribution in [-0.4, -0.2) is 32.1 Å². The van der Waals surface area contributed by atoms with Crippen molar-refractivity contribution in [2.75, 3.05) is 7.11 Å². The van der Waals surface area contributed by atoms with Crippen LogP contribution in [0.25, 0.3) is 27.5 Å². The molecule has 0 radical (unpaired) electrons. The molecule has 2 aromatic heterocycles. The molecule has 0 aliphatic rings. The van der Waals surface area contributed by atoms with Crippen molar-refractivity contribution in [3.8, 4) is 5.75 Å². The van der Waals surface area contributed by atoms with Crippen LogP contribution in [0.4, 0.5) is 0 Å². The van der Waals surface area contributed by atoms with Crippen LogP contribution in [0.15, 0.2) is 95.8 Å². The molecule has 4 aromatic carbocycles. The highest BCUT2D eigenvalue weighted by Crippen LogP contribution is 2.29. The highest BCUT2D eigenvalue weighted by Gasteiger charge is 2.22. The topological polar surface area (TPSA) is 78.5 Å². The number of hydrogen-bond acceptors (Lipinski definition) is 5. The highest BCUT2D eigenvalue weighted by atomic mass is 16.5. The van der Waals surface area contributed by atoms with Crippen LogP contribution in [0.1, 0.15) is 34.6 Å². The number of nitrogens with zero attached hydrogens (tertiary/aromatic N) is 4. The maximum atomic E-state index is 13.6. The van der Waals surface area contributed by atoms with Gasteiger partial charge in [-0.3, -0.25) is 18.6 Å². The largest absolute Gasteiger partial charge is 0.497 e. The fourth-order valence-corrected chi connectivity index (χ4v) is 4.87. The summed E-state index contributed by atoms with van der Waals surface area (Å²) in [5, 5.41) is 10.9. The lowest BCUT2D eigenvalue weighted by atomic mass is 9.97. The first kappa shape index (κ1) is 22.7. The summed E-state index contributed by atoms with van der Waals surface area (Å²) in [5.74, 6) is 1.20. The minimum absolute atomic E-state index is 0.0776. The SMILES string of the molecule is COc1ccc2cc([C@@H](C)c3nnc4c(=O)n(CC(=O)c5ccccc5)c5ccccc5n34)ccc2c1. The number of ether oxygens (including phenoxy) is 1. The van der Waals surface area contributed by atoms with Gasteiger partial charge in [0, 0.05) is 11.5 Å². The zero-order valence-corrected chi connectivity index (χ0v) is 20.5. The van der Waals surface area contributed by atoms with Gasteiger partial charge in [0.2, 0.25) is 5.65 Å². The zero-order valence-electron chi connectivity index (χ0n) is 20.5. The highest BCUT2D eigenvalue weighted by molar-refractivity contribution is 5.96. The lowest BCUT2D eigenvalue weighted by Crippen LogP contribution is -2.27. The summed E-state index contributed by atoms with van der Waals surface area (Å²) in [6, 6.07) is 28.8. The van der Waals surface area contributed by atoms with Crippen LogP contribution in [0.3, 0.4) is 0 Å². The Morgan fingerprint density at radius 3 is 2.35 bits per heavy atom. The molecule has 0 aliphatic carbocycles. The number of methoxy groups -OCH3 is 1. The molecule has 0 amide bonds. The van der Waals surface area contributed by atoms with Crippen LogP contribution >= 0.6 is 0 Å². The Hall–Kier alpha value is -4.78. The molecule has 6 aromatic rings. The second kappa shape index (κ2) is 9.02. The maximum absolute atomic E-state index is 13.6. The Labute approximate surface area is 212 Å². The van der Waals surface area contributed by atoms with E-state index in [1.54, 1.807) is 19.2 Å². The van der Waals surface area contributed by atoms with E-state index in [-0.39, 0.29) is 29.5 Å². The van der Waals surface area contributed by atoms with Gasteiger partial charge in [-0.1, -0.05) is 73.7 Å². The average molecular weight is 489 g/mol. The van der Waals surface area contributed by atoms with E-state index in [2.05, 4.69) is 35.3 Å². The molecular weight excluding hydrogens is 464 g/mol. The third-order valence-corrected chi connectivity index (χ3v) is 6.89. The molecule has 2 heterocycles. The van der Waals surface area contributed by atoms with Crippen molar-refractivity contribution in [2.24, 2.45) is 0 Å². The van der Waals surface area contributed by atoms with Crippen molar-refractivity contribution < 1.29 is 9.53 Å². The number of para-hydroxylation sites is 2. The van der Waals surface area contributed by atoms with Gasteiger partial charge in [0.15, 0.2) is 5.78 Å². The number of carbonyl (C=O) groups excluding carboxylic acids is 1. The molecule has 0 bridgehead atoms. The second-order valence-corrected chi connectivity index (χ2v) is 9.08. The van der Waals surface area contributed by atoms with Crippen LogP contribution < -0.4 is 10.3 Å². The number of aromatic nitrogens is 4. The monoisotopic (exact) mass is 488 g/mol. The van der Waals surface area contributed by atoms with Gasteiger partial charge < -0.3 is 4.74 Å². The Balaban J connectivity index is 1.48. The molecule has 0 spiro atoms. The Kier molecular flexibility index (Phi) is 5.53. The van der Waals surface area contributed by atoms with Crippen molar-refractivity contribution in [3.05, 3.63) is 118 Å². The number of hydrogen-bond donors (Lipinski definition) is 0. The van der Waals surface area contributed by atoms with E-state index in [1.165, 1.54) is 4.57 Å². The van der Waals surface area contributed by atoms with Gasteiger partial charge >= 0.3 is 0 Å². The molecule has 0 saturated carbocycles.